The summed E-state index contributed by atoms with van der Waals surface area (Å²) in [5.74, 6) is 0. The van der Waals surface area contributed by atoms with E-state index in [1.165, 1.54) is 39.0 Å². The molecule has 0 atom stereocenters. The molecule has 0 aromatic carbocycles. The van der Waals surface area contributed by atoms with E-state index in [4.69, 9.17) is 0 Å². The molecule has 146 valence electrons. The molecule has 0 bridgehead atoms. The first-order valence-corrected chi connectivity index (χ1v) is 9.44. The van der Waals surface area contributed by atoms with Gasteiger partial charge in [0.1, 0.15) is 0 Å². The Morgan fingerprint density at radius 1 is 0.792 bits per heavy atom. The van der Waals surface area contributed by atoms with Crippen LogP contribution >= 0.6 is 0 Å². The summed E-state index contributed by atoms with van der Waals surface area (Å²) in [5.41, 5.74) is 0. The molecular formula is C18H44N6. The van der Waals surface area contributed by atoms with Crippen LogP contribution < -0.4 is 5.32 Å². The average Bonchev–Trinajstić information content (AvgIpc) is 2.70. The molecule has 1 saturated heterocycles. The molecule has 1 fully saturated rings. The van der Waals surface area contributed by atoms with Crippen molar-refractivity contribution in [3.8, 4) is 0 Å². The van der Waals surface area contributed by atoms with Gasteiger partial charge in [0.15, 0.2) is 0 Å². The van der Waals surface area contributed by atoms with Crippen LogP contribution in [-0.4, -0.2) is 126 Å². The summed E-state index contributed by atoms with van der Waals surface area (Å²) in [6.45, 7) is 12.5. The highest BCUT2D eigenvalue weighted by Gasteiger charge is 2.14. The van der Waals surface area contributed by atoms with E-state index in [2.05, 4.69) is 79.0 Å². The highest BCUT2D eigenvalue weighted by atomic mass is 15.4. The van der Waals surface area contributed by atoms with Gasteiger partial charge in [-0.2, -0.15) is 0 Å². The van der Waals surface area contributed by atoms with Gasteiger partial charge in [0.05, 0.1) is 6.67 Å². The van der Waals surface area contributed by atoms with E-state index >= 15 is 0 Å². The molecule has 0 aromatic heterocycles. The maximum absolute atomic E-state index is 3.51. The van der Waals surface area contributed by atoms with Gasteiger partial charge in [-0.15, -0.1) is 0 Å². The molecule has 0 spiro atoms. The van der Waals surface area contributed by atoms with Crippen molar-refractivity contribution in [1.82, 2.24) is 29.8 Å². The Balaban J connectivity index is 0.000000754. The van der Waals surface area contributed by atoms with Crippen molar-refractivity contribution in [1.29, 1.82) is 0 Å². The Morgan fingerprint density at radius 3 is 1.92 bits per heavy atom. The molecule has 1 N–H and O–H groups in total. The zero-order chi connectivity index (χ0) is 18.4. The predicted molar refractivity (Wildman–Crippen MR) is 107 cm³/mol. The van der Waals surface area contributed by atoms with Gasteiger partial charge in [-0.25, -0.2) is 0 Å². The summed E-state index contributed by atoms with van der Waals surface area (Å²) in [7, 11) is 12.7. The first-order chi connectivity index (χ1) is 11.3. The standard InChI is InChI=1S/C13H31N5.C5H13N/c1-15(2)7-5-8-18-12-14-6-9-17(13-18)11-10-16(3)4;1-4-5-6(2)3/h14H,5-13H2,1-4H3;4-5H2,1-3H3. The van der Waals surface area contributed by atoms with E-state index < -0.39 is 0 Å². The van der Waals surface area contributed by atoms with Gasteiger partial charge in [-0.3, -0.25) is 9.80 Å². The van der Waals surface area contributed by atoms with Crippen molar-refractivity contribution in [2.45, 2.75) is 19.8 Å². The normalized spacial score (nSPS) is 17.2. The zero-order valence-electron chi connectivity index (χ0n) is 17.5. The highest BCUT2D eigenvalue weighted by molar-refractivity contribution is 4.68. The summed E-state index contributed by atoms with van der Waals surface area (Å²) >= 11 is 0. The number of likely N-dealkylation sites (N-methyl/N-ethyl adjacent to an activating group) is 1. The molecule has 0 saturated carbocycles. The van der Waals surface area contributed by atoms with E-state index in [-0.39, 0.29) is 0 Å². The fourth-order valence-corrected chi connectivity index (χ4v) is 2.61. The molecule has 0 amide bonds. The minimum atomic E-state index is 1.03. The van der Waals surface area contributed by atoms with Gasteiger partial charge in [-0.05, 0) is 68.2 Å². The Morgan fingerprint density at radius 2 is 1.42 bits per heavy atom. The molecule has 0 aromatic rings. The largest absolute Gasteiger partial charge is 0.309 e. The van der Waals surface area contributed by atoms with E-state index in [0.29, 0.717) is 0 Å². The predicted octanol–water partition coefficient (Wildman–Crippen LogP) is 0.580. The Bertz CT molecular complexity index is 270. The minimum absolute atomic E-state index is 1.03. The quantitative estimate of drug-likeness (QED) is 0.658. The molecule has 1 aliphatic rings. The molecular weight excluding hydrogens is 300 g/mol. The van der Waals surface area contributed by atoms with Gasteiger partial charge in [0.2, 0.25) is 0 Å². The molecule has 24 heavy (non-hydrogen) atoms. The third-order valence-corrected chi connectivity index (χ3v) is 3.95. The van der Waals surface area contributed by atoms with Gasteiger partial charge in [-0.1, -0.05) is 6.92 Å². The Hall–Kier alpha value is -0.240. The van der Waals surface area contributed by atoms with Crippen molar-refractivity contribution >= 4 is 0 Å². The number of nitrogens with zero attached hydrogens (tertiary/aromatic N) is 5. The maximum Gasteiger partial charge on any atom is 0.0519 e. The van der Waals surface area contributed by atoms with Crippen LogP contribution in [0, 0.1) is 0 Å². The number of nitrogens with one attached hydrogen (secondary N) is 1. The van der Waals surface area contributed by atoms with Crippen LogP contribution in [0.3, 0.4) is 0 Å². The van der Waals surface area contributed by atoms with Gasteiger partial charge in [0, 0.05) is 39.4 Å². The zero-order valence-corrected chi connectivity index (χ0v) is 17.5. The van der Waals surface area contributed by atoms with Gasteiger partial charge >= 0.3 is 0 Å². The van der Waals surface area contributed by atoms with Crippen molar-refractivity contribution in [3.63, 3.8) is 0 Å². The van der Waals surface area contributed by atoms with Crippen LogP contribution in [-0.2, 0) is 0 Å². The lowest BCUT2D eigenvalue weighted by Crippen LogP contribution is -2.41. The monoisotopic (exact) mass is 344 g/mol. The summed E-state index contributed by atoms with van der Waals surface area (Å²) in [6, 6.07) is 0. The topological polar surface area (TPSA) is 28.2 Å². The Labute approximate surface area is 151 Å². The van der Waals surface area contributed by atoms with Crippen molar-refractivity contribution in [3.05, 3.63) is 0 Å². The summed E-state index contributed by atoms with van der Waals surface area (Å²) < 4.78 is 0. The van der Waals surface area contributed by atoms with Crippen LogP contribution in [0.1, 0.15) is 19.8 Å². The summed E-state index contributed by atoms with van der Waals surface area (Å²) in [5, 5.41) is 3.51. The van der Waals surface area contributed by atoms with Crippen LogP contribution in [0.25, 0.3) is 0 Å². The Kier molecular flexibility index (Phi) is 14.9. The molecule has 1 heterocycles. The third-order valence-electron chi connectivity index (χ3n) is 3.95. The van der Waals surface area contributed by atoms with Crippen LogP contribution in [0.2, 0.25) is 0 Å². The van der Waals surface area contributed by atoms with Crippen molar-refractivity contribution in [2.75, 3.05) is 101 Å². The van der Waals surface area contributed by atoms with Crippen molar-refractivity contribution < 1.29 is 0 Å². The molecule has 6 heteroatoms. The second-order valence-corrected chi connectivity index (χ2v) is 7.58. The molecule has 0 unspecified atom stereocenters. The number of rotatable bonds is 9. The van der Waals surface area contributed by atoms with E-state index in [9.17, 15) is 0 Å². The van der Waals surface area contributed by atoms with Gasteiger partial charge < -0.3 is 20.0 Å². The number of hydrogen-bond donors (Lipinski definition) is 1. The van der Waals surface area contributed by atoms with E-state index in [0.717, 1.165) is 33.0 Å². The SMILES string of the molecule is CCCN(C)C.CN(C)CCCN1CNCCN(CCN(C)C)C1. The minimum Gasteiger partial charge on any atom is -0.309 e. The van der Waals surface area contributed by atoms with E-state index in [1.807, 2.05) is 0 Å². The second kappa shape index (κ2) is 15.0. The van der Waals surface area contributed by atoms with Gasteiger partial charge in [0.25, 0.3) is 0 Å². The highest BCUT2D eigenvalue weighted by Crippen LogP contribution is 1.99. The molecule has 0 aliphatic carbocycles. The molecule has 6 nitrogen and oxygen atoms in total. The fourth-order valence-electron chi connectivity index (χ4n) is 2.61. The maximum atomic E-state index is 3.51. The smallest absolute Gasteiger partial charge is 0.0519 e. The van der Waals surface area contributed by atoms with E-state index in [1.54, 1.807) is 0 Å². The first kappa shape index (κ1) is 23.8. The third kappa shape index (κ3) is 15.3. The lowest BCUT2D eigenvalue weighted by atomic mass is 10.4. The lowest BCUT2D eigenvalue weighted by Gasteiger charge is -2.28. The van der Waals surface area contributed by atoms with Crippen molar-refractivity contribution in [2.24, 2.45) is 0 Å². The second-order valence-electron chi connectivity index (χ2n) is 7.58. The number of hydrogen-bond acceptors (Lipinski definition) is 6. The lowest BCUT2D eigenvalue weighted by molar-refractivity contribution is 0.140. The summed E-state index contributed by atoms with van der Waals surface area (Å²) in [6.07, 6.45) is 2.50. The van der Waals surface area contributed by atoms with Crippen LogP contribution in [0.4, 0.5) is 0 Å². The molecule has 1 rings (SSSR count). The summed E-state index contributed by atoms with van der Waals surface area (Å²) in [4.78, 5) is 11.8. The molecule has 0 radical (unpaired) electrons. The average molecular weight is 345 g/mol. The molecule has 1 aliphatic heterocycles. The van der Waals surface area contributed by atoms with Crippen LogP contribution in [0.15, 0.2) is 0 Å². The fraction of sp³-hybridized carbons (Fsp3) is 1.00. The first-order valence-electron chi connectivity index (χ1n) is 9.44. The van der Waals surface area contributed by atoms with Crippen LogP contribution in [0.5, 0.6) is 0 Å².